The molecule has 0 bridgehead atoms. The highest BCUT2D eigenvalue weighted by Crippen LogP contribution is 2.24. The molecule has 1 fully saturated rings. The zero-order valence-electron chi connectivity index (χ0n) is 9.22. The molecule has 14 heavy (non-hydrogen) atoms. The van der Waals surface area contributed by atoms with E-state index in [1.165, 1.54) is 0 Å². The molecule has 1 aliphatic heterocycles. The van der Waals surface area contributed by atoms with Crippen LogP contribution in [0.3, 0.4) is 0 Å². The fourth-order valence-electron chi connectivity index (χ4n) is 1.61. The van der Waals surface area contributed by atoms with Crippen LogP contribution in [0, 0.1) is 0 Å². The minimum atomic E-state index is -0.0505. The topological polar surface area (TPSA) is 50.4 Å². The van der Waals surface area contributed by atoms with Crippen LogP contribution in [0.4, 0.5) is 0 Å². The van der Waals surface area contributed by atoms with Crippen molar-refractivity contribution in [3.8, 4) is 0 Å². The lowest BCUT2D eigenvalue weighted by Crippen LogP contribution is -2.51. The first kappa shape index (κ1) is 11.5. The van der Waals surface area contributed by atoms with Crippen molar-refractivity contribution in [3.05, 3.63) is 0 Å². The minimum absolute atomic E-state index is 0.0489. The van der Waals surface area contributed by atoms with Crippen LogP contribution in [0.15, 0.2) is 0 Å². The van der Waals surface area contributed by atoms with Gasteiger partial charge in [-0.05, 0) is 27.2 Å². The molecule has 0 aromatic carbocycles. The Balaban J connectivity index is 2.32. The van der Waals surface area contributed by atoms with E-state index in [4.69, 9.17) is 4.74 Å². The van der Waals surface area contributed by atoms with Gasteiger partial charge in [-0.3, -0.25) is 4.79 Å². The number of carbonyl (C=O) groups is 1. The summed E-state index contributed by atoms with van der Waals surface area (Å²) in [6.45, 7) is 7.89. The molecule has 0 aliphatic carbocycles. The van der Waals surface area contributed by atoms with E-state index >= 15 is 0 Å². The van der Waals surface area contributed by atoms with Crippen LogP contribution < -0.4 is 10.6 Å². The van der Waals surface area contributed by atoms with Crippen molar-refractivity contribution in [1.29, 1.82) is 0 Å². The van der Waals surface area contributed by atoms with Gasteiger partial charge in [0.25, 0.3) is 0 Å². The maximum absolute atomic E-state index is 11.2. The van der Waals surface area contributed by atoms with Crippen LogP contribution in [0.1, 0.15) is 27.2 Å². The number of amides is 1. The molecule has 2 N–H and O–H groups in total. The van der Waals surface area contributed by atoms with Crippen molar-refractivity contribution in [2.24, 2.45) is 0 Å². The summed E-state index contributed by atoms with van der Waals surface area (Å²) >= 11 is 0. The Morgan fingerprint density at radius 2 is 2.36 bits per heavy atom. The zero-order valence-corrected chi connectivity index (χ0v) is 9.22. The molecular formula is C10H20N2O2. The highest BCUT2D eigenvalue weighted by Gasteiger charge is 2.36. The molecule has 0 aromatic heterocycles. The Morgan fingerprint density at radius 1 is 1.64 bits per heavy atom. The summed E-state index contributed by atoms with van der Waals surface area (Å²) in [7, 11) is 0. The standard InChI is InChI=1S/C10H20N2O2/c1-4-11-9(13)7-12-10(3)5-6-14-8(10)2/h8,12H,4-7H2,1-3H3,(H,11,13). The summed E-state index contributed by atoms with van der Waals surface area (Å²) in [5.74, 6) is 0.0489. The van der Waals surface area contributed by atoms with Crippen molar-refractivity contribution in [3.63, 3.8) is 0 Å². The van der Waals surface area contributed by atoms with Gasteiger partial charge in [0.2, 0.25) is 5.91 Å². The summed E-state index contributed by atoms with van der Waals surface area (Å²) in [6, 6.07) is 0. The van der Waals surface area contributed by atoms with Crippen molar-refractivity contribution < 1.29 is 9.53 Å². The van der Waals surface area contributed by atoms with Gasteiger partial charge in [0.15, 0.2) is 0 Å². The van der Waals surface area contributed by atoms with E-state index in [0.29, 0.717) is 13.1 Å². The Hall–Kier alpha value is -0.610. The van der Waals surface area contributed by atoms with Gasteiger partial charge in [0.05, 0.1) is 12.6 Å². The Bertz CT molecular complexity index is 208. The molecule has 4 heteroatoms. The van der Waals surface area contributed by atoms with Crippen molar-refractivity contribution >= 4 is 5.91 Å². The Morgan fingerprint density at radius 3 is 2.86 bits per heavy atom. The fourth-order valence-corrected chi connectivity index (χ4v) is 1.61. The minimum Gasteiger partial charge on any atom is -0.377 e. The molecule has 1 saturated heterocycles. The second kappa shape index (κ2) is 4.75. The molecule has 2 atom stereocenters. The van der Waals surface area contributed by atoms with E-state index < -0.39 is 0 Å². The van der Waals surface area contributed by atoms with Crippen molar-refractivity contribution in [1.82, 2.24) is 10.6 Å². The van der Waals surface area contributed by atoms with E-state index in [2.05, 4.69) is 17.6 Å². The number of nitrogens with one attached hydrogen (secondary N) is 2. The Labute approximate surface area is 85.4 Å². The van der Waals surface area contributed by atoms with Crippen molar-refractivity contribution in [2.45, 2.75) is 38.8 Å². The zero-order chi connectivity index (χ0) is 10.6. The molecule has 82 valence electrons. The number of hydrogen-bond acceptors (Lipinski definition) is 3. The van der Waals surface area contributed by atoms with Gasteiger partial charge in [-0.2, -0.15) is 0 Å². The Kier molecular flexibility index (Phi) is 3.89. The van der Waals surface area contributed by atoms with Gasteiger partial charge in [-0.15, -0.1) is 0 Å². The highest BCUT2D eigenvalue weighted by molar-refractivity contribution is 5.78. The lowest BCUT2D eigenvalue weighted by molar-refractivity contribution is -0.120. The van der Waals surface area contributed by atoms with Gasteiger partial charge in [-0.1, -0.05) is 0 Å². The third-order valence-corrected chi connectivity index (χ3v) is 2.91. The van der Waals surface area contributed by atoms with Gasteiger partial charge in [0, 0.05) is 18.7 Å². The number of ether oxygens (including phenoxy) is 1. The van der Waals surface area contributed by atoms with E-state index in [9.17, 15) is 4.79 Å². The van der Waals surface area contributed by atoms with Crippen LogP contribution in [-0.2, 0) is 9.53 Å². The summed E-state index contributed by atoms with van der Waals surface area (Å²) in [5.41, 5.74) is -0.0505. The molecule has 1 aliphatic rings. The van der Waals surface area contributed by atoms with Gasteiger partial charge >= 0.3 is 0 Å². The molecule has 4 nitrogen and oxygen atoms in total. The molecular weight excluding hydrogens is 180 g/mol. The summed E-state index contributed by atoms with van der Waals surface area (Å²) < 4.78 is 5.47. The molecule has 1 rings (SSSR count). The first-order valence-corrected chi connectivity index (χ1v) is 5.22. The first-order valence-electron chi connectivity index (χ1n) is 5.22. The van der Waals surface area contributed by atoms with Crippen LogP contribution in [0.25, 0.3) is 0 Å². The monoisotopic (exact) mass is 200 g/mol. The average Bonchev–Trinajstić information content (AvgIpc) is 2.46. The molecule has 1 heterocycles. The molecule has 0 radical (unpaired) electrons. The van der Waals surface area contributed by atoms with E-state index in [-0.39, 0.29) is 17.6 Å². The highest BCUT2D eigenvalue weighted by atomic mass is 16.5. The van der Waals surface area contributed by atoms with E-state index in [0.717, 1.165) is 13.0 Å². The molecule has 2 unspecified atom stereocenters. The lowest BCUT2D eigenvalue weighted by atomic mass is 9.95. The van der Waals surface area contributed by atoms with Crippen LogP contribution in [0.2, 0.25) is 0 Å². The largest absolute Gasteiger partial charge is 0.377 e. The number of rotatable bonds is 4. The number of carbonyl (C=O) groups excluding carboxylic acids is 1. The van der Waals surface area contributed by atoms with E-state index in [1.54, 1.807) is 0 Å². The van der Waals surface area contributed by atoms with Crippen LogP contribution >= 0.6 is 0 Å². The van der Waals surface area contributed by atoms with Crippen LogP contribution in [0.5, 0.6) is 0 Å². The smallest absolute Gasteiger partial charge is 0.233 e. The van der Waals surface area contributed by atoms with E-state index in [1.807, 2.05) is 13.8 Å². The molecule has 0 aromatic rings. The maximum Gasteiger partial charge on any atom is 0.233 e. The van der Waals surface area contributed by atoms with Crippen LogP contribution in [-0.4, -0.2) is 37.2 Å². The summed E-state index contributed by atoms with van der Waals surface area (Å²) in [4.78, 5) is 11.2. The SMILES string of the molecule is CCNC(=O)CNC1(C)CCOC1C. The normalized spacial score (nSPS) is 31.8. The first-order chi connectivity index (χ1) is 6.58. The summed E-state index contributed by atoms with van der Waals surface area (Å²) in [5, 5.41) is 6.01. The number of hydrogen-bond donors (Lipinski definition) is 2. The molecule has 0 saturated carbocycles. The van der Waals surface area contributed by atoms with Crippen molar-refractivity contribution in [2.75, 3.05) is 19.7 Å². The predicted octanol–water partition coefficient (Wildman–Crippen LogP) is 0.280. The lowest BCUT2D eigenvalue weighted by Gasteiger charge is -2.28. The summed E-state index contributed by atoms with van der Waals surface area (Å²) in [6.07, 6.45) is 1.14. The van der Waals surface area contributed by atoms with Gasteiger partial charge in [-0.25, -0.2) is 0 Å². The fraction of sp³-hybridized carbons (Fsp3) is 0.900. The second-order valence-electron chi connectivity index (χ2n) is 3.99. The predicted molar refractivity (Wildman–Crippen MR) is 55.1 cm³/mol. The van der Waals surface area contributed by atoms with Gasteiger partial charge in [0.1, 0.15) is 0 Å². The third-order valence-electron chi connectivity index (χ3n) is 2.91. The van der Waals surface area contributed by atoms with Gasteiger partial charge < -0.3 is 15.4 Å². The average molecular weight is 200 g/mol. The second-order valence-corrected chi connectivity index (χ2v) is 3.99. The third kappa shape index (κ3) is 2.69. The maximum atomic E-state index is 11.2. The molecule has 1 amide bonds. The number of likely N-dealkylation sites (N-methyl/N-ethyl adjacent to an activating group) is 1. The quantitative estimate of drug-likeness (QED) is 0.685. The molecule has 0 spiro atoms.